The molecule has 0 bridgehead atoms. The van der Waals surface area contributed by atoms with Crippen LogP contribution in [0.4, 0.5) is 17.1 Å². The molecule has 7 heteroatoms. The highest BCUT2D eigenvalue weighted by atomic mass is 16.6. The molecular formula is C14H23N3O4. The normalized spacial score (nSPS) is 10.4. The SMILES string of the molecule is CCNc1cccc(NCCCOCCOC)c1[N+](=O)[O-]. The molecule has 0 spiro atoms. The Hall–Kier alpha value is -1.86. The van der Waals surface area contributed by atoms with Gasteiger partial charge in [0.05, 0.1) is 18.1 Å². The number of benzene rings is 1. The van der Waals surface area contributed by atoms with Crippen molar-refractivity contribution in [1.82, 2.24) is 0 Å². The summed E-state index contributed by atoms with van der Waals surface area (Å²) < 4.78 is 10.2. The number of nitro groups is 1. The second kappa shape index (κ2) is 9.95. The summed E-state index contributed by atoms with van der Waals surface area (Å²) in [5.74, 6) is 0. The first kappa shape index (κ1) is 17.2. The molecule has 0 saturated heterocycles. The van der Waals surface area contributed by atoms with Crippen LogP contribution in [0.3, 0.4) is 0 Å². The fraction of sp³-hybridized carbons (Fsp3) is 0.571. The van der Waals surface area contributed by atoms with Crippen LogP contribution < -0.4 is 10.6 Å². The van der Waals surface area contributed by atoms with Crippen LogP contribution in [0.2, 0.25) is 0 Å². The molecule has 0 aliphatic carbocycles. The molecule has 7 nitrogen and oxygen atoms in total. The third-order valence-electron chi connectivity index (χ3n) is 2.80. The summed E-state index contributed by atoms with van der Waals surface area (Å²) in [5, 5.41) is 17.3. The minimum Gasteiger partial charge on any atom is -0.382 e. The summed E-state index contributed by atoms with van der Waals surface area (Å²) in [6.07, 6.45) is 0.770. The van der Waals surface area contributed by atoms with E-state index < -0.39 is 0 Å². The van der Waals surface area contributed by atoms with E-state index in [9.17, 15) is 10.1 Å². The number of para-hydroxylation sites is 1. The Morgan fingerprint density at radius 3 is 2.52 bits per heavy atom. The van der Waals surface area contributed by atoms with Gasteiger partial charge in [-0.2, -0.15) is 0 Å². The topological polar surface area (TPSA) is 85.7 Å². The maximum Gasteiger partial charge on any atom is 0.315 e. The molecular weight excluding hydrogens is 274 g/mol. The van der Waals surface area contributed by atoms with Crippen LogP contribution in [0.25, 0.3) is 0 Å². The lowest BCUT2D eigenvalue weighted by Gasteiger charge is -2.11. The minimum absolute atomic E-state index is 0.0830. The molecule has 0 unspecified atom stereocenters. The molecule has 0 fully saturated rings. The summed E-state index contributed by atoms with van der Waals surface area (Å²) in [5.41, 5.74) is 1.14. The highest BCUT2D eigenvalue weighted by molar-refractivity contribution is 5.76. The largest absolute Gasteiger partial charge is 0.382 e. The van der Waals surface area contributed by atoms with Gasteiger partial charge >= 0.3 is 5.69 Å². The van der Waals surface area contributed by atoms with Crippen LogP contribution >= 0.6 is 0 Å². The average molecular weight is 297 g/mol. The molecule has 1 rings (SSSR count). The van der Waals surface area contributed by atoms with Crippen LogP contribution in [0.15, 0.2) is 18.2 Å². The maximum absolute atomic E-state index is 11.2. The van der Waals surface area contributed by atoms with Gasteiger partial charge in [-0.15, -0.1) is 0 Å². The van der Waals surface area contributed by atoms with Gasteiger partial charge in [-0.25, -0.2) is 0 Å². The van der Waals surface area contributed by atoms with E-state index in [1.807, 2.05) is 6.92 Å². The van der Waals surface area contributed by atoms with Gasteiger partial charge < -0.3 is 20.1 Å². The number of rotatable bonds is 11. The zero-order valence-corrected chi connectivity index (χ0v) is 12.6. The lowest BCUT2D eigenvalue weighted by molar-refractivity contribution is -0.383. The highest BCUT2D eigenvalue weighted by Crippen LogP contribution is 2.32. The van der Waals surface area contributed by atoms with E-state index >= 15 is 0 Å². The standard InChI is InChI=1S/C14H23N3O4/c1-3-15-12-6-4-7-13(14(12)17(18)19)16-8-5-9-21-11-10-20-2/h4,6-7,15-16H,3,5,8-11H2,1-2H3. The molecule has 1 aromatic carbocycles. The summed E-state index contributed by atoms with van der Waals surface area (Å²) >= 11 is 0. The minimum atomic E-state index is -0.366. The third kappa shape index (κ3) is 5.97. The van der Waals surface area contributed by atoms with Crippen molar-refractivity contribution in [2.75, 3.05) is 50.7 Å². The van der Waals surface area contributed by atoms with E-state index in [1.165, 1.54) is 0 Å². The van der Waals surface area contributed by atoms with Crippen molar-refractivity contribution < 1.29 is 14.4 Å². The average Bonchev–Trinajstić information content (AvgIpc) is 2.46. The van der Waals surface area contributed by atoms with Gasteiger partial charge in [0.2, 0.25) is 0 Å². The molecule has 0 atom stereocenters. The number of nitrogens with zero attached hydrogens (tertiary/aromatic N) is 1. The smallest absolute Gasteiger partial charge is 0.315 e. The fourth-order valence-corrected chi connectivity index (χ4v) is 1.86. The number of methoxy groups -OCH3 is 1. The Bertz CT molecular complexity index is 440. The van der Waals surface area contributed by atoms with Crippen molar-refractivity contribution in [2.45, 2.75) is 13.3 Å². The molecule has 1 aromatic rings. The van der Waals surface area contributed by atoms with Crippen molar-refractivity contribution in [3.8, 4) is 0 Å². The number of hydrogen-bond acceptors (Lipinski definition) is 6. The van der Waals surface area contributed by atoms with Gasteiger partial charge in [0.15, 0.2) is 0 Å². The van der Waals surface area contributed by atoms with Crippen molar-refractivity contribution in [3.63, 3.8) is 0 Å². The number of nitrogens with one attached hydrogen (secondary N) is 2. The van der Waals surface area contributed by atoms with Gasteiger partial charge in [0, 0.05) is 26.8 Å². The number of hydrogen-bond donors (Lipinski definition) is 2. The second-order valence-electron chi connectivity index (χ2n) is 4.37. The Morgan fingerprint density at radius 2 is 1.90 bits per heavy atom. The first-order valence-corrected chi connectivity index (χ1v) is 7.02. The molecule has 21 heavy (non-hydrogen) atoms. The van der Waals surface area contributed by atoms with E-state index in [0.717, 1.165) is 6.42 Å². The van der Waals surface area contributed by atoms with Gasteiger partial charge in [-0.3, -0.25) is 10.1 Å². The molecule has 0 saturated carbocycles. The summed E-state index contributed by atoms with van der Waals surface area (Å²) in [7, 11) is 1.63. The van der Waals surface area contributed by atoms with Crippen LogP contribution in [-0.4, -0.2) is 44.9 Å². The Morgan fingerprint density at radius 1 is 1.19 bits per heavy atom. The zero-order valence-electron chi connectivity index (χ0n) is 12.6. The molecule has 0 aliphatic rings. The maximum atomic E-state index is 11.2. The molecule has 0 aliphatic heterocycles. The molecule has 118 valence electrons. The van der Waals surface area contributed by atoms with Crippen molar-refractivity contribution in [2.24, 2.45) is 0 Å². The Kier molecular flexibility index (Phi) is 8.15. The van der Waals surface area contributed by atoms with E-state index in [0.29, 0.717) is 44.3 Å². The van der Waals surface area contributed by atoms with E-state index in [2.05, 4.69) is 10.6 Å². The van der Waals surface area contributed by atoms with E-state index in [1.54, 1.807) is 25.3 Å². The number of nitro benzene ring substituents is 1. The lowest BCUT2D eigenvalue weighted by Crippen LogP contribution is -2.10. The van der Waals surface area contributed by atoms with Crippen LogP contribution in [0.1, 0.15) is 13.3 Å². The zero-order chi connectivity index (χ0) is 15.5. The predicted molar refractivity (Wildman–Crippen MR) is 83.1 cm³/mol. The third-order valence-corrected chi connectivity index (χ3v) is 2.80. The fourth-order valence-electron chi connectivity index (χ4n) is 1.86. The number of anilines is 2. The van der Waals surface area contributed by atoms with Gasteiger partial charge in [-0.05, 0) is 25.5 Å². The predicted octanol–water partition coefficient (Wildman–Crippen LogP) is 2.49. The number of ether oxygens (including phenoxy) is 2. The molecule has 0 heterocycles. The van der Waals surface area contributed by atoms with Gasteiger partial charge in [0.25, 0.3) is 0 Å². The van der Waals surface area contributed by atoms with Crippen molar-refractivity contribution in [3.05, 3.63) is 28.3 Å². The summed E-state index contributed by atoms with van der Waals surface area (Å²) in [4.78, 5) is 10.8. The first-order chi connectivity index (χ1) is 10.2. The molecule has 0 radical (unpaired) electrons. The van der Waals surface area contributed by atoms with Crippen LogP contribution in [-0.2, 0) is 9.47 Å². The Labute approximate surface area is 124 Å². The lowest BCUT2D eigenvalue weighted by atomic mass is 10.2. The van der Waals surface area contributed by atoms with Gasteiger partial charge in [-0.1, -0.05) is 6.07 Å². The summed E-state index contributed by atoms with van der Waals surface area (Å²) in [6.45, 7) is 4.88. The van der Waals surface area contributed by atoms with Gasteiger partial charge in [0.1, 0.15) is 11.4 Å². The van der Waals surface area contributed by atoms with Crippen LogP contribution in [0.5, 0.6) is 0 Å². The van der Waals surface area contributed by atoms with Crippen molar-refractivity contribution >= 4 is 17.1 Å². The van der Waals surface area contributed by atoms with E-state index in [-0.39, 0.29) is 10.6 Å². The molecule has 2 N–H and O–H groups in total. The molecule has 0 aromatic heterocycles. The quantitative estimate of drug-likeness (QED) is 0.371. The highest BCUT2D eigenvalue weighted by Gasteiger charge is 2.18. The summed E-state index contributed by atoms with van der Waals surface area (Å²) in [6, 6.07) is 5.22. The monoisotopic (exact) mass is 297 g/mol. The molecule has 0 amide bonds. The first-order valence-electron chi connectivity index (χ1n) is 7.02. The van der Waals surface area contributed by atoms with Crippen LogP contribution in [0, 0.1) is 10.1 Å². The second-order valence-corrected chi connectivity index (χ2v) is 4.37. The Balaban J connectivity index is 2.50. The van der Waals surface area contributed by atoms with E-state index in [4.69, 9.17) is 9.47 Å². The van der Waals surface area contributed by atoms with Crippen molar-refractivity contribution in [1.29, 1.82) is 0 Å².